The summed E-state index contributed by atoms with van der Waals surface area (Å²) in [6.45, 7) is 8.32. The zero-order valence-corrected chi connectivity index (χ0v) is 14.9. The normalized spacial score (nSPS) is 12.4. The number of esters is 1. The van der Waals surface area contributed by atoms with Crippen LogP contribution in [0.3, 0.4) is 0 Å². The van der Waals surface area contributed by atoms with Gasteiger partial charge in [0.05, 0.1) is 12.6 Å². The standard InChI is InChI=1S/C18H28N2O4/c1-5-23-15(21)12-24-14-8-6-13(7-9-14)10-11-20-17(22)16(19)18(2,3)4/h6-9,16H,5,10-12,19H2,1-4H3,(H,20,22)/t16-/m1/s1. The number of hydrogen-bond acceptors (Lipinski definition) is 5. The molecule has 1 amide bonds. The largest absolute Gasteiger partial charge is 0.482 e. The Hall–Kier alpha value is -2.08. The quantitative estimate of drug-likeness (QED) is 0.705. The van der Waals surface area contributed by atoms with E-state index in [1.165, 1.54) is 0 Å². The van der Waals surface area contributed by atoms with E-state index in [0.29, 0.717) is 25.3 Å². The van der Waals surface area contributed by atoms with E-state index in [1.807, 2.05) is 32.9 Å². The van der Waals surface area contributed by atoms with Crippen LogP contribution in [0.15, 0.2) is 24.3 Å². The number of nitrogens with two attached hydrogens (primary N) is 1. The molecule has 0 aromatic heterocycles. The Labute approximate surface area is 143 Å². The lowest BCUT2D eigenvalue weighted by Crippen LogP contribution is -2.48. The molecule has 24 heavy (non-hydrogen) atoms. The predicted molar refractivity (Wildman–Crippen MR) is 92.7 cm³/mol. The lowest BCUT2D eigenvalue weighted by molar-refractivity contribution is -0.145. The fourth-order valence-electron chi connectivity index (χ4n) is 1.93. The van der Waals surface area contributed by atoms with Crippen molar-refractivity contribution in [3.05, 3.63) is 29.8 Å². The molecule has 3 N–H and O–H groups in total. The van der Waals surface area contributed by atoms with Crippen molar-refractivity contribution in [1.29, 1.82) is 0 Å². The van der Waals surface area contributed by atoms with Crippen molar-refractivity contribution in [2.45, 2.75) is 40.2 Å². The Kier molecular flexibility index (Phi) is 7.71. The van der Waals surface area contributed by atoms with Gasteiger partial charge in [-0.15, -0.1) is 0 Å². The van der Waals surface area contributed by atoms with Crippen molar-refractivity contribution >= 4 is 11.9 Å². The second-order valence-electron chi connectivity index (χ2n) is 6.62. The minimum absolute atomic E-state index is 0.103. The summed E-state index contributed by atoms with van der Waals surface area (Å²) in [4.78, 5) is 23.2. The molecule has 0 saturated heterocycles. The Morgan fingerprint density at radius 3 is 2.38 bits per heavy atom. The average Bonchev–Trinajstić information content (AvgIpc) is 2.52. The van der Waals surface area contributed by atoms with Gasteiger partial charge in [-0.05, 0) is 36.5 Å². The zero-order valence-electron chi connectivity index (χ0n) is 14.9. The molecule has 0 aliphatic carbocycles. The van der Waals surface area contributed by atoms with Crippen LogP contribution >= 0.6 is 0 Å². The number of benzene rings is 1. The van der Waals surface area contributed by atoms with Gasteiger partial charge < -0.3 is 20.5 Å². The predicted octanol–water partition coefficient (Wildman–Crippen LogP) is 1.66. The molecule has 0 unspecified atom stereocenters. The third kappa shape index (κ3) is 7.00. The van der Waals surface area contributed by atoms with Crippen molar-refractivity contribution in [3.63, 3.8) is 0 Å². The molecule has 1 aromatic carbocycles. The molecule has 0 heterocycles. The Morgan fingerprint density at radius 2 is 1.83 bits per heavy atom. The first-order valence-electron chi connectivity index (χ1n) is 8.14. The molecule has 1 aromatic rings. The van der Waals surface area contributed by atoms with Gasteiger partial charge in [-0.2, -0.15) is 0 Å². The summed E-state index contributed by atoms with van der Waals surface area (Å²) in [5, 5.41) is 2.85. The van der Waals surface area contributed by atoms with E-state index in [4.69, 9.17) is 15.2 Å². The van der Waals surface area contributed by atoms with Gasteiger partial charge in [0.25, 0.3) is 0 Å². The smallest absolute Gasteiger partial charge is 0.344 e. The van der Waals surface area contributed by atoms with Gasteiger partial charge in [-0.1, -0.05) is 32.9 Å². The molecular weight excluding hydrogens is 308 g/mol. The Balaban J connectivity index is 2.37. The summed E-state index contributed by atoms with van der Waals surface area (Å²) in [5.41, 5.74) is 6.70. The molecular formula is C18H28N2O4. The molecule has 6 heteroatoms. The van der Waals surface area contributed by atoms with Crippen molar-refractivity contribution in [2.75, 3.05) is 19.8 Å². The molecule has 0 aliphatic heterocycles. The summed E-state index contributed by atoms with van der Waals surface area (Å²) in [5.74, 6) is 0.0713. The van der Waals surface area contributed by atoms with E-state index in [-0.39, 0.29) is 23.9 Å². The first kappa shape index (κ1) is 20.0. The van der Waals surface area contributed by atoms with Crippen LogP contribution in [0.25, 0.3) is 0 Å². The second kappa shape index (κ2) is 9.27. The van der Waals surface area contributed by atoms with Crippen molar-refractivity contribution < 1.29 is 19.1 Å². The summed E-state index contributed by atoms with van der Waals surface area (Å²) in [6.07, 6.45) is 0.695. The van der Waals surface area contributed by atoms with Crippen LogP contribution in [0.4, 0.5) is 0 Å². The van der Waals surface area contributed by atoms with E-state index in [9.17, 15) is 9.59 Å². The molecule has 6 nitrogen and oxygen atoms in total. The molecule has 0 radical (unpaired) electrons. The van der Waals surface area contributed by atoms with E-state index in [2.05, 4.69) is 5.32 Å². The average molecular weight is 336 g/mol. The Bertz CT molecular complexity index is 535. The van der Waals surface area contributed by atoms with Crippen molar-refractivity contribution in [1.82, 2.24) is 5.32 Å². The monoisotopic (exact) mass is 336 g/mol. The lowest BCUT2D eigenvalue weighted by Gasteiger charge is -2.25. The molecule has 1 rings (SSSR count). The highest BCUT2D eigenvalue weighted by molar-refractivity contribution is 5.82. The SMILES string of the molecule is CCOC(=O)COc1ccc(CCNC(=O)[C@@H](N)C(C)(C)C)cc1. The van der Waals surface area contributed by atoms with E-state index >= 15 is 0 Å². The second-order valence-corrected chi connectivity index (χ2v) is 6.62. The highest BCUT2D eigenvalue weighted by Crippen LogP contribution is 2.17. The maximum absolute atomic E-state index is 11.9. The third-order valence-electron chi connectivity index (χ3n) is 3.51. The van der Waals surface area contributed by atoms with Gasteiger partial charge in [-0.25, -0.2) is 4.79 Å². The van der Waals surface area contributed by atoms with Gasteiger partial charge in [0.15, 0.2) is 6.61 Å². The van der Waals surface area contributed by atoms with Crippen molar-refractivity contribution in [2.24, 2.45) is 11.1 Å². The Morgan fingerprint density at radius 1 is 1.21 bits per heavy atom. The number of carbonyl (C=O) groups is 2. The number of amides is 1. The maximum atomic E-state index is 11.9. The molecule has 0 bridgehead atoms. The molecule has 1 atom stereocenters. The van der Waals surface area contributed by atoms with Crippen LogP contribution < -0.4 is 15.8 Å². The minimum atomic E-state index is -0.531. The van der Waals surface area contributed by atoms with E-state index in [1.54, 1.807) is 19.1 Å². The summed E-state index contributed by atoms with van der Waals surface area (Å²) in [7, 11) is 0. The van der Waals surface area contributed by atoms with Crippen LogP contribution in [0, 0.1) is 5.41 Å². The fraction of sp³-hybridized carbons (Fsp3) is 0.556. The molecule has 0 aliphatic rings. The van der Waals surface area contributed by atoms with E-state index in [0.717, 1.165) is 5.56 Å². The van der Waals surface area contributed by atoms with Crippen LogP contribution in [0.5, 0.6) is 5.75 Å². The molecule has 134 valence electrons. The fourth-order valence-corrected chi connectivity index (χ4v) is 1.93. The zero-order chi connectivity index (χ0) is 18.2. The number of carbonyl (C=O) groups excluding carboxylic acids is 2. The van der Waals surface area contributed by atoms with Gasteiger partial charge in [0.2, 0.25) is 5.91 Å². The van der Waals surface area contributed by atoms with Crippen molar-refractivity contribution in [3.8, 4) is 5.75 Å². The van der Waals surface area contributed by atoms with E-state index < -0.39 is 6.04 Å². The number of ether oxygens (including phenoxy) is 2. The van der Waals surface area contributed by atoms with Crippen LogP contribution in [0.2, 0.25) is 0 Å². The molecule has 0 fully saturated rings. The number of hydrogen-bond donors (Lipinski definition) is 2. The number of rotatable bonds is 8. The van der Waals surface area contributed by atoms with Gasteiger partial charge in [0.1, 0.15) is 5.75 Å². The van der Waals surface area contributed by atoms with Gasteiger partial charge >= 0.3 is 5.97 Å². The minimum Gasteiger partial charge on any atom is -0.482 e. The first-order valence-corrected chi connectivity index (χ1v) is 8.14. The first-order chi connectivity index (χ1) is 11.2. The molecule has 0 spiro atoms. The topological polar surface area (TPSA) is 90.6 Å². The molecule has 0 saturated carbocycles. The lowest BCUT2D eigenvalue weighted by atomic mass is 9.87. The third-order valence-corrected chi connectivity index (χ3v) is 3.51. The van der Waals surface area contributed by atoms with Crippen LogP contribution in [-0.4, -0.2) is 37.7 Å². The summed E-state index contributed by atoms with van der Waals surface area (Å²) >= 11 is 0. The highest BCUT2D eigenvalue weighted by Gasteiger charge is 2.26. The van der Waals surface area contributed by atoms with Crippen LogP contribution in [-0.2, 0) is 20.7 Å². The van der Waals surface area contributed by atoms with Gasteiger partial charge in [-0.3, -0.25) is 4.79 Å². The highest BCUT2D eigenvalue weighted by atomic mass is 16.6. The van der Waals surface area contributed by atoms with Crippen LogP contribution in [0.1, 0.15) is 33.3 Å². The number of nitrogens with one attached hydrogen (secondary N) is 1. The maximum Gasteiger partial charge on any atom is 0.344 e. The summed E-state index contributed by atoms with van der Waals surface area (Å²) in [6, 6.07) is 6.84. The van der Waals surface area contributed by atoms with Gasteiger partial charge in [0, 0.05) is 6.54 Å². The summed E-state index contributed by atoms with van der Waals surface area (Å²) < 4.78 is 10.1.